The Morgan fingerprint density at radius 2 is 1.18 bits per heavy atom. The van der Waals surface area contributed by atoms with Gasteiger partial charge in [-0.25, -0.2) is 0 Å². The molecule has 1 aromatic heterocycles. The first kappa shape index (κ1) is 37.8. The number of allylic oxidation sites excluding steroid dienone is 8. The molecule has 0 N–H and O–H groups in total. The number of benzene rings is 5. The fourth-order valence-electron chi connectivity index (χ4n) is 7.88. The van der Waals surface area contributed by atoms with Gasteiger partial charge >= 0.3 is 0 Å². The second kappa shape index (κ2) is 16.9. The number of hydrogen-bond acceptors (Lipinski definition) is 2. The van der Waals surface area contributed by atoms with Crippen molar-refractivity contribution in [3.05, 3.63) is 211 Å². The van der Waals surface area contributed by atoms with Crippen LogP contribution in [0.25, 0.3) is 66.9 Å². The first-order valence-corrected chi connectivity index (χ1v) is 19.4. The smallest absolute Gasteiger partial charge is 0.0702 e. The Hall–Kier alpha value is -6.51. The van der Waals surface area contributed by atoms with E-state index in [2.05, 4.69) is 204 Å². The molecule has 7 rings (SSSR count). The van der Waals surface area contributed by atoms with Crippen LogP contribution in [0.5, 0.6) is 0 Å². The topological polar surface area (TPSA) is 16.1 Å². The van der Waals surface area contributed by atoms with Gasteiger partial charge in [-0.2, -0.15) is 0 Å². The lowest BCUT2D eigenvalue weighted by atomic mass is 9.85. The zero-order valence-corrected chi connectivity index (χ0v) is 33.3. The lowest BCUT2D eigenvalue weighted by Gasteiger charge is -2.30. The Bertz CT molecular complexity index is 2540. The highest BCUT2D eigenvalue weighted by Gasteiger charge is 2.20. The summed E-state index contributed by atoms with van der Waals surface area (Å²) in [6, 6.07) is 46.3. The molecule has 0 spiro atoms. The highest BCUT2D eigenvalue weighted by Crippen LogP contribution is 2.42. The molecule has 2 nitrogen and oxygen atoms in total. The average Bonchev–Trinajstić information content (AvgIpc) is 3.24. The molecule has 1 heterocycles. The van der Waals surface area contributed by atoms with E-state index < -0.39 is 0 Å². The quantitative estimate of drug-likeness (QED) is 0.124. The third kappa shape index (κ3) is 7.83. The molecule has 56 heavy (non-hydrogen) atoms. The van der Waals surface area contributed by atoms with E-state index in [0.29, 0.717) is 6.04 Å². The molecule has 0 radical (unpaired) electrons. The number of likely N-dealkylation sites (N-methyl/N-ethyl adjacent to an activating group) is 1. The molecule has 1 atom stereocenters. The summed E-state index contributed by atoms with van der Waals surface area (Å²) >= 11 is 0. The molecule has 6 aromatic rings. The van der Waals surface area contributed by atoms with Gasteiger partial charge in [-0.1, -0.05) is 158 Å². The predicted molar refractivity (Wildman–Crippen MR) is 242 cm³/mol. The third-order valence-electron chi connectivity index (χ3n) is 10.9. The van der Waals surface area contributed by atoms with Crippen LogP contribution in [0.4, 0.5) is 0 Å². The Labute approximate surface area is 333 Å². The van der Waals surface area contributed by atoms with E-state index in [9.17, 15) is 0 Å². The van der Waals surface area contributed by atoms with Crippen LogP contribution >= 0.6 is 0 Å². The fourth-order valence-corrected chi connectivity index (χ4v) is 7.88. The molecule has 276 valence electrons. The minimum Gasteiger partial charge on any atom is -0.371 e. The van der Waals surface area contributed by atoms with Crippen LogP contribution in [0.15, 0.2) is 194 Å². The van der Waals surface area contributed by atoms with Gasteiger partial charge in [0.25, 0.3) is 0 Å². The van der Waals surface area contributed by atoms with E-state index in [0.717, 1.165) is 73.3 Å². The van der Waals surface area contributed by atoms with Crippen molar-refractivity contribution >= 4 is 11.1 Å². The SMILES string of the molecule is C=CC(=C(C)C)c1ccccc1-c1cc(-c2ccccc2/C(C=C)=C(\C)N(C)C2C=CC=CC2)cc(-c2ccccc2-c2ccc(-c3cccc(C)c3)nc2)c1. The Morgan fingerprint density at radius 1 is 0.607 bits per heavy atom. The van der Waals surface area contributed by atoms with Crippen molar-refractivity contribution in [2.75, 3.05) is 7.05 Å². The van der Waals surface area contributed by atoms with Gasteiger partial charge in [0.15, 0.2) is 0 Å². The zero-order chi connectivity index (χ0) is 39.2. The van der Waals surface area contributed by atoms with E-state index in [1.54, 1.807) is 0 Å². The Morgan fingerprint density at radius 3 is 1.71 bits per heavy atom. The first-order chi connectivity index (χ1) is 27.3. The Kier molecular flexibility index (Phi) is 11.4. The highest BCUT2D eigenvalue weighted by molar-refractivity contribution is 5.94. The number of aromatic nitrogens is 1. The number of hydrogen-bond donors (Lipinski definition) is 0. The molecule has 0 saturated heterocycles. The predicted octanol–water partition coefficient (Wildman–Crippen LogP) is 14.4. The van der Waals surface area contributed by atoms with Crippen molar-refractivity contribution in [2.24, 2.45) is 0 Å². The standard InChI is InChI=1S/C54H50N2/c1-8-46(37(3)4)52-28-17-15-26-50(52)43-33-42(49-25-14-13-24-48(49)41-30-31-54(55-36-41)40-21-19-20-38(5)32-40)34-44(35-43)51-27-16-18-29-53(51)47(9-2)39(6)56(7)45-22-11-10-12-23-45/h8-22,24-36,45H,1-2,23H2,3-7H3/b47-39+. The summed E-state index contributed by atoms with van der Waals surface area (Å²) in [6.45, 7) is 17.2. The van der Waals surface area contributed by atoms with E-state index in [1.807, 2.05) is 18.3 Å². The lowest BCUT2D eigenvalue weighted by molar-refractivity contribution is 0.355. The van der Waals surface area contributed by atoms with E-state index in [4.69, 9.17) is 4.98 Å². The van der Waals surface area contributed by atoms with Crippen molar-refractivity contribution in [3.8, 4) is 55.8 Å². The van der Waals surface area contributed by atoms with Crippen LogP contribution in [0.1, 0.15) is 43.9 Å². The second-order valence-electron chi connectivity index (χ2n) is 14.8. The molecule has 5 aromatic carbocycles. The van der Waals surface area contributed by atoms with Gasteiger partial charge in [-0.15, -0.1) is 0 Å². The molecule has 1 aliphatic carbocycles. The maximum absolute atomic E-state index is 4.95. The van der Waals surface area contributed by atoms with E-state index in [-0.39, 0.29) is 0 Å². The molecule has 0 saturated carbocycles. The summed E-state index contributed by atoms with van der Waals surface area (Å²) in [6.07, 6.45) is 15.8. The minimum absolute atomic E-state index is 0.291. The van der Waals surface area contributed by atoms with Gasteiger partial charge in [0.05, 0.1) is 11.7 Å². The molecule has 1 aliphatic rings. The summed E-state index contributed by atoms with van der Waals surface area (Å²) in [7, 11) is 2.19. The van der Waals surface area contributed by atoms with Crippen LogP contribution < -0.4 is 0 Å². The summed E-state index contributed by atoms with van der Waals surface area (Å²) in [4.78, 5) is 7.32. The van der Waals surface area contributed by atoms with E-state index >= 15 is 0 Å². The number of rotatable bonds is 11. The molecule has 0 fully saturated rings. The minimum atomic E-state index is 0.291. The third-order valence-corrected chi connectivity index (χ3v) is 10.9. The van der Waals surface area contributed by atoms with Crippen molar-refractivity contribution < 1.29 is 0 Å². The summed E-state index contributed by atoms with van der Waals surface area (Å²) < 4.78 is 0. The van der Waals surface area contributed by atoms with Gasteiger partial charge in [-0.05, 0) is 120 Å². The summed E-state index contributed by atoms with van der Waals surface area (Å²) in [5, 5.41) is 0. The van der Waals surface area contributed by atoms with Gasteiger partial charge in [-0.3, -0.25) is 4.98 Å². The van der Waals surface area contributed by atoms with Gasteiger partial charge in [0.2, 0.25) is 0 Å². The Balaban J connectivity index is 1.43. The molecule has 0 aliphatic heterocycles. The zero-order valence-electron chi connectivity index (χ0n) is 33.3. The van der Waals surface area contributed by atoms with Crippen molar-refractivity contribution in [1.29, 1.82) is 0 Å². The first-order valence-electron chi connectivity index (χ1n) is 19.4. The molecule has 0 bridgehead atoms. The maximum atomic E-state index is 4.95. The molecular weight excluding hydrogens is 677 g/mol. The highest BCUT2D eigenvalue weighted by atomic mass is 15.1. The number of pyridine rings is 1. The van der Waals surface area contributed by atoms with Gasteiger partial charge < -0.3 is 4.90 Å². The van der Waals surface area contributed by atoms with Gasteiger partial charge in [0, 0.05) is 35.6 Å². The maximum Gasteiger partial charge on any atom is 0.0702 e. The molecule has 2 heteroatoms. The van der Waals surface area contributed by atoms with Gasteiger partial charge in [0.1, 0.15) is 0 Å². The monoisotopic (exact) mass is 726 g/mol. The van der Waals surface area contributed by atoms with Crippen molar-refractivity contribution in [1.82, 2.24) is 9.88 Å². The second-order valence-corrected chi connectivity index (χ2v) is 14.8. The van der Waals surface area contributed by atoms with Crippen LogP contribution in [-0.4, -0.2) is 23.0 Å². The number of aryl methyl sites for hydroxylation is 1. The molecular formula is C54H50N2. The molecule has 1 unspecified atom stereocenters. The van der Waals surface area contributed by atoms with Crippen molar-refractivity contribution in [2.45, 2.75) is 40.2 Å². The lowest BCUT2D eigenvalue weighted by Crippen LogP contribution is -2.29. The van der Waals surface area contributed by atoms with Crippen LogP contribution in [0.3, 0.4) is 0 Å². The normalized spacial score (nSPS) is 13.8. The summed E-state index contributed by atoms with van der Waals surface area (Å²) in [5.74, 6) is 0. The van der Waals surface area contributed by atoms with Crippen LogP contribution in [0.2, 0.25) is 0 Å². The molecule has 0 amide bonds. The number of nitrogens with zero attached hydrogens (tertiary/aromatic N) is 2. The van der Waals surface area contributed by atoms with Crippen LogP contribution in [-0.2, 0) is 0 Å². The largest absolute Gasteiger partial charge is 0.371 e. The van der Waals surface area contributed by atoms with Crippen molar-refractivity contribution in [3.63, 3.8) is 0 Å². The summed E-state index contributed by atoms with van der Waals surface area (Å²) in [5.41, 5.74) is 19.4. The van der Waals surface area contributed by atoms with E-state index in [1.165, 1.54) is 28.0 Å². The fraction of sp³-hybridized carbons (Fsp3) is 0.130. The average molecular weight is 727 g/mol. The van der Waals surface area contributed by atoms with Crippen LogP contribution in [0, 0.1) is 6.92 Å².